The third-order valence-corrected chi connectivity index (χ3v) is 2.50. The lowest BCUT2D eigenvalue weighted by atomic mass is 9.95. The summed E-state index contributed by atoms with van der Waals surface area (Å²) >= 11 is 0. The normalized spacial score (nSPS) is 20.9. The van der Waals surface area contributed by atoms with Crippen molar-refractivity contribution in [3.05, 3.63) is 36.0 Å². The van der Waals surface area contributed by atoms with Crippen molar-refractivity contribution in [2.45, 2.75) is 25.4 Å². The molecule has 0 spiro atoms. The van der Waals surface area contributed by atoms with E-state index in [4.69, 9.17) is 9.15 Å². The number of allylic oxidation sites excluding steroid dienone is 1. The zero-order chi connectivity index (χ0) is 10.0. The highest BCUT2D eigenvalue weighted by Crippen LogP contribution is 2.32. The predicted molar refractivity (Wildman–Crippen MR) is 51.5 cm³/mol. The monoisotopic (exact) mass is 194 g/mol. The molecule has 1 unspecified atom stereocenters. The summed E-state index contributed by atoms with van der Waals surface area (Å²) in [5.74, 6) is 0.630. The Labute approximate surface area is 83.0 Å². The van der Waals surface area contributed by atoms with Crippen molar-refractivity contribution >= 4 is 0 Å². The Bertz CT molecular complexity index is 322. The van der Waals surface area contributed by atoms with E-state index in [2.05, 4.69) is 0 Å². The van der Waals surface area contributed by atoms with Crippen LogP contribution in [-0.4, -0.2) is 11.7 Å². The summed E-state index contributed by atoms with van der Waals surface area (Å²) < 4.78 is 10.4. The molecule has 0 amide bonds. The van der Waals surface area contributed by atoms with Crippen LogP contribution in [0.25, 0.3) is 0 Å². The fraction of sp³-hybridized carbons (Fsp3) is 0.455. The molecule has 1 aliphatic heterocycles. The van der Waals surface area contributed by atoms with Gasteiger partial charge in [-0.05, 0) is 31.9 Å². The van der Waals surface area contributed by atoms with E-state index in [-0.39, 0.29) is 0 Å². The van der Waals surface area contributed by atoms with Gasteiger partial charge in [-0.25, -0.2) is 0 Å². The van der Waals surface area contributed by atoms with Crippen LogP contribution < -0.4 is 0 Å². The number of rotatable bonds is 2. The molecule has 0 saturated heterocycles. The van der Waals surface area contributed by atoms with Crippen LogP contribution in [0.1, 0.15) is 25.3 Å². The molecule has 0 aliphatic carbocycles. The largest absolute Gasteiger partial charge is 0.495 e. The second-order valence-corrected chi connectivity index (χ2v) is 3.64. The van der Waals surface area contributed by atoms with Crippen molar-refractivity contribution < 1.29 is 14.3 Å². The van der Waals surface area contributed by atoms with E-state index in [1.54, 1.807) is 25.5 Å². The minimum atomic E-state index is -1.06. The second-order valence-electron chi connectivity index (χ2n) is 3.64. The Balaban J connectivity index is 2.27. The Morgan fingerprint density at radius 1 is 1.50 bits per heavy atom. The van der Waals surface area contributed by atoms with Crippen LogP contribution in [0.4, 0.5) is 0 Å². The molecule has 0 bridgehead atoms. The molecular weight excluding hydrogens is 180 g/mol. The first-order valence-electron chi connectivity index (χ1n) is 4.80. The van der Waals surface area contributed by atoms with Crippen molar-refractivity contribution in [2.24, 2.45) is 0 Å². The van der Waals surface area contributed by atoms with Crippen LogP contribution in [0.15, 0.2) is 34.8 Å². The minimum absolute atomic E-state index is 0.630. The van der Waals surface area contributed by atoms with E-state index in [1.165, 1.54) is 0 Å². The number of furan rings is 1. The van der Waals surface area contributed by atoms with E-state index in [0.29, 0.717) is 12.4 Å². The molecule has 1 aliphatic rings. The molecular formula is C11H14O3. The molecule has 0 radical (unpaired) electrons. The van der Waals surface area contributed by atoms with E-state index >= 15 is 0 Å². The van der Waals surface area contributed by atoms with Crippen molar-refractivity contribution in [3.8, 4) is 0 Å². The molecule has 3 nitrogen and oxygen atoms in total. The van der Waals surface area contributed by atoms with Gasteiger partial charge in [0.1, 0.15) is 11.4 Å². The van der Waals surface area contributed by atoms with Crippen molar-refractivity contribution in [3.63, 3.8) is 0 Å². The molecule has 1 N–H and O–H groups in total. The zero-order valence-electron chi connectivity index (χ0n) is 8.19. The zero-order valence-corrected chi connectivity index (χ0v) is 8.19. The smallest absolute Gasteiger partial charge is 0.146 e. The first-order chi connectivity index (χ1) is 6.71. The van der Waals surface area contributed by atoms with E-state index in [0.717, 1.165) is 18.4 Å². The van der Waals surface area contributed by atoms with E-state index in [1.807, 2.05) is 6.08 Å². The third-order valence-electron chi connectivity index (χ3n) is 2.50. The van der Waals surface area contributed by atoms with Crippen LogP contribution in [0, 0.1) is 0 Å². The van der Waals surface area contributed by atoms with Crippen molar-refractivity contribution in [2.75, 3.05) is 6.61 Å². The molecule has 0 aromatic carbocycles. The van der Waals surface area contributed by atoms with Gasteiger partial charge in [-0.1, -0.05) is 0 Å². The van der Waals surface area contributed by atoms with Crippen LogP contribution in [0.3, 0.4) is 0 Å². The topological polar surface area (TPSA) is 42.6 Å². The van der Waals surface area contributed by atoms with Crippen molar-refractivity contribution in [1.82, 2.24) is 0 Å². The van der Waals surface area contributed by atoms with E-state index < -0.39 is 5.60 Å². The minimum Gasteiger partial charge on any atom is -0.495 e. The lowest BCUT2D eigenvalue weighted by Gasteiger charge is -2.27. The average molecular weight is 194 g/mol. The molecule has 14 heavy (non-hydrogen) atoms. The van der Waals surface area contributed by atoms with Crippen LogP contribution in [0.2, 0.25) is 0 Å². The third kappa shape index (κ3) is 1.55. The lowest BCUT2D eigenvalue weighted by Crippen LogP contribution is -2.26. The molecule has 1 aromatic rings. The van der Waals surface area contributed by atoms with Gasteiger partial charge < -0.3 is 14.3 Å². The maximum absolute atomic E-state index is 10.2. The quantitative estimate of drug-likeness (QED) is 0.784. The van der Waals surface area contributed by atoms with Crippen molar-refractivity contribution in [1.29, 1.82) is 0 Å². The molecule has 2 rings (SSSR count). The average Bonchev–Trinajstić information content (AvgIpc) is 2.72. The predicted octanol–water partition coefficient (Wildman–Crippen LogP) is 2.18. The highest BCUT2D eigenvalue weighted by atomic mass is 16.5. The Hall–Kier alpha value is -1.22. The van der Waals surface area contributed by atoms with Gasteiger partial charge >= 0.3 is 0 Å². The van der Waals surface area contributed by atoms with Crippen LogP contribution in [0.5, 0.6) is 0 Å². The number of hydrogen-bond donors (Lipinski definition) is 1. The van der Waals surface area contributed by atoms with Gasteiger partial charge in [-0.2, -0.15) is 0 Å². The lowest BCUT2D eigenvalue weighted by molar-refractivity contribution is 0.0146. The molecule has 1 atom stereocenters. The molecule has 1 aromatic heterocycles. The molecule has 76 valence electrons. The maximum Gasteiger partial charge on any atom is 0.146 e. The van der Waals surface area contributed by atoms with Gasteiger partial charge in [-0.3, -0.25) is 0 Å². The van der Waals surface area contributed by atoms with Gasteiger partial charge in [0, 0.05) is 5.56 Å². The Morgan fingerprint density at radius 2 is 2.36 bits per heavy atom. The molecule has 0 saturated carbocycles. The fourth-order valence-corrected chi connectivity index (χ4v) is 1.58. The second kappa shape index (κ2) is 3.50. The van der Waals surface area contributed by atoms with Crippen LogP contribution in [-0.2, 0) is 10.3 Å². The number of aliphatic hydroxyl groups is 1. The van der Waals surface area contributed by atoms with Gasteiger partial charge in [0.15, 0.2) is 0 Å². The summed E-state index contributed by atoms with van der Waals surface area (Å²) in [6, 6.07) is 1.75. The highest BCUT2D eigenvalue weighted by molar-refractivity contribution is 5.26. The summed E-state index contributed by atoms with van der Waals surface area (Å²) in [5.41, 5.74) is -0.335. The first kappa shape index (κ1) is 9.34. The number of hydrogen-bond acceptors (Lipinski definition) is 3. The Morgan fingerprint density at radius 3 is 2.93 bits per heavy atom. The summed E-state index contributed by atoms with van der Waals surface area (Å²) in [7, 11) is 0. The van der Waals surface area contributed by atoms with Gasteiger partial charge in [0.25, 0.3) is 0 Å². The summed E-state index contributed by atoms with van der Waals surface area (Å²) in [6.07, 6.45) is 7.01. The summed E-state index contributed by atoms with van der Waals surface area (Å²) in [5, 5.41) is 10.2. The molecule has 0 fully saturated rings. The number of ether oxygens (including phenoxy) is 1. The highest BCUT2D eigenvalue weighted by Gasteiger charge is 2.31. The molecule has 3 heteroatoms. The first-order valence-corrected chi connectivity index (χ1v) is 4.80. The fourth-order valence-electron chi connectivity index (χ4n) is 1.58. The summed E-state index contributed by atoms with van der Waals surface area (Å²) in [6.45, 7) is 2.40. The van der Waals surface area contributed by atoms with Gasteiger partial charge in [0.2, 0.25) is 0 Å². The maximum atomic E-state index is 10.2. The molecule has 2 heterocycles. The van der Waals surface area contributed by atoms with Crippen LogP contribution >= 0.6 is 0 Å². The van der Waals surface area contributed by atoms with Gasteiger partial charge in [-0.15, -0.1) is 0 Å². The standard InChI is InChI=1S/C11H14O3/c1-11(12,9-5-7-13-8-9)10-4-2-3-6-14-10/h4-5,7-8,12H,2-3,6H2,1H3. The summed E-state index contributed by atoms with van der Waals surface area (Å²) in [4.78, 5) is 0. The Kier molecular flexibility index (Phi) is 2.33. The SMILES string of the molecule is CC(O)(C1=CCCCO1)c1ccoc1. The van der Waals surface area contributed by atoms with E-state index in [9.17, 15) is 5.11 Å². The van der Waals surface area contributed by atoms with Gasteiger partial charge in [0.05, 0.1) is 19.1 Å².